The summed E-state index contributed by atoms with van der Waals surface area (Å²) in [5, 5.41) is 15.0. The molecular formula is C23H43N5O5. The second-order valence-corrected chi connectivity index (χ2v) is 9.16. The number of nitrogens with two attached hydrogens (primary N) is 2. The molecule has 190 valence electrons. The number of carbonyl (C=O) groups excluding carboxylic acids is 3. The Kier molecular flexibility index (Phi) is 12.4. The van der Waals surface area contributed by atoms with Crippen molar-refractivity contribution in [2.75, 3.05) is 13.1 Å². The molecule has 0 aliphatic carbocycles. The molecule has 7 N–H and O–H groups in total. The van der Waals surface area contributed by atoms with Crippen molar-refractivity contribution in [3.63, 3.8) is 0 Å². The third-order valence-corrected chi connectivity index (χ3v) is 6.74. The van der Waals surface area contributed by atoms with Crippen LogP contribution in [-0.2, 0) is 19.2 Å². The van der Waals surface area contributed by atoms with Crippen LogP contribution in [0.3, 0.4) is 0 Å². The van der Waals surface area contributed by atoms with Crippen molar-refractivity contribution in [1.29, 1.82) is 0 Å². The maximum atomic E-state index is 13.3. The van der Waals surface area contributed by atoms with Gasteiger partial charge in [0.1, 0.15) is 18.1 Å². The minimum atomic E-state index is -1.04. The van der Waals surface area contributed by atoms with Crippen LogP contribution in [0.15, 0.2) is 0 Å². The quantitative estimate of drug-likeness (QED) is 0.232. The molecule has 0 saturated carbocycles. The molecule has 3 amide bonds. The molecule has 1 fully saturated rings. The van der Waals surface area contributed by atoms with Gasteiger partial charge >= 0.3 is 5.97 Å². The number of amides is 3. The van der Waals surface area contributed by atoms with E-state index in [2.05, 4.69) is 10.6 Å². The maximum Gasteiger partial charge on any atom is 0.326 e. The van der Waals surface area contributed by atoms with Gasteiger partial charge in [0.25, 0.3) is 0 Å². The molecule has 0 aromatic heterocycles. The topological polar surface area (TPSA) is 168 Å². The number of carboxylic acids is 1. The minimum Gasteiger partial charge on any atom is -0.480 e. The highest BCUT2D eigenvalue weighted by atomic mass is 16.4. The smallest absolute Gasteiger partial charge is 0.326 e. The summed E-state index contributed by atoms with van der Waals surface area (Å²) in [6, 6.07) is -3.35. The number of likely N-dealkylation sites (tertiary alicyclic amines) is 1. The zero-order valence-corrected chi connectivity index (χ0v) is 20.5. The van der Waals surface area contributed by atoms with E-state index in [1.165, 1.54) is 4.90 Å². The van der Waals surface area contributed by atoms with E-state index in [9.17, 15) is 24.3 Å². The number of carboxylic acid groups (broad SMARTS) is 1. The Morgan fingerprint density at radius 3 is 2.21 bits per heavy atom. The fourth-order valence-corrected chi connectivity index (χ4v) is 3.94. The fraction of sp³-hybridized carbons (Fsp3) is 0.826. The molecule has 1 heterocycles. The van der Waals surface area contributed by atoms with E-state index in [1.807, 2.05) is 27.7 Å². The van der Waals surface area contributed by atoms with Crippen LogP contribution < -0.4 is 22.1 Å². The molecule has 10 nitrogen and oxygen atoms in total. The molecule has 0 bridgehead atoms. The van der Waals surface area contributed by atoms with Crippen LogP contribution in [0.5, 0.6) is 0 Å². The van der Waals surface area contributed by atoms with Gasteiger partial charge in [0.15, 0.2) is 0 Å². The zero-order chi connectivity index (χ0) is 25.1. The highest BCUT2D eigenvalue weighted by molar-refractivity contribution is 5.94. The molecular weight excluding hydrogens is 426 g/mol. The fourth-order valence-electron chi connectivity index (χ4n) is 3.94. The molecule has 0 spiro atoms. The van der Waals surface area contributed by atoms with Crippen molar-refractivity contribution in [3.8, 4) is 0 Å². The number of aliphatic carboxylic acids is 1. The highest BCUT2D eigenvalue weighted by Crippen LogP contribution is 2.21. The number of nitrogens with one attached hydrogen (secondary N) is 2. The Bertz CT molecular complexity index is 674. The summed E-state index contributed by atoms with van der Waals surface area (Å²) < 4.78 is 0. The van der Waals surface area contributed by atoms with E-state index in [1.54, 1.807) is 0 Å². The Morgan fingerprint density at radius 2 is 1.67 bits per heavy atom. The number of hydrogen-bond acceptors (Lipinski definition) is 6. The first-order valence-electron chi connectivity index (χ1n) is 12.2. The van der Waals surface area contributed by atoms with Crippen LogP contribution in [-0.4, -0.2) is 71.0 Å². The van der Waals surface area contributed by atoms with E-state index in [0.717, 1.165) is 6.42 Å². The number of hydrogen-bond donors (Lipinski definition) is 5. The average molecular weight is 470 g/mol. The van der Waals surface area contributed by atoms with Gasteiger partial charge in [-0.1, -0.05) is 40.5 Å². The Labute approximate surface area is 197 Å². The van der Waals surface area contributed by atoms with Crippen molar-refractivity contribution < 1.29 is 24.3 Å². The molecule has 1 aliphatic rings. The van der Waals surface area contributed by atoms with Gasteiger partial charge in [-0.25, -0.2) is 4.79 Å². The number of carbonyl (C=O) groups is 4. The Balaban J connectivity index is 3.02. The lowest BCUT2D eigenvalue weighted by atomic mass is 9.96. The number of unbranched alkanes of at least 4 members (excludes halogenated alkanes) is 1. The predicted octanol–water partition coefficient (Wildman–Crippen LogP) is 0.580. The predicted molar refractivity (Wildman–Crippen MR) is 126 cm³/mol. The first-order chi connectivity index (χ1) is 15.6. The normalized spacial score (nSPS) is 20.4. The van der Waals surface area contributed by atoms with Crippen LogP contribution >= 0.6 is 0 Å². The van der Waals surface area contributed by atoms with Gasteiger partial charge in [0.05, 0.1) is 6.04 Å². The van der Waals surface area contributed by atoms with Gasteiger partial charge in [-0.05, 0) is 50.5 Å². The molecule has 0 aromatic carbocycles. The second kappa shape index (κ2) is 14.1. The van der Waals surface area contributed by atoms with Gasteiger partial charge in [-0.3, -0.25) is 14.4 Å². The lowest BCUT2D eigenvalue weighted by Crippen LogP contribution is -2.59. The standard InChI is InChI=1S/C23H43N5O5/c1-5-14(3)18(25)21(30)26-16(10-7-8-12-24)20(29)27-19(15(4)6-2)22(31)28-13-9-11-17(28)23(32)33/h14-19H,5-13,24-25H2,1-4H3,(H,26,30)(H,27,29)(H,32,33). The summed E-state index contributed by atoms with van der Waals surface area (Å²) >= 11 is 0. The van der Waals surface area contributed by atoms with Crippen molar-refractivity contribution in [2.45, 2.75) is 96.8 Å². The van der Waals surface area contributed by atoms with Crippen LogP contribution in [0.25, 0.3) is 0 Å². The summed E-state index contributed by atoms with van der Waals surface area (Å²) in [4.78, 5) is 52.0. The molecule has 10 heteroatoms. The van der Waals surface area contributed by atoms with Gasteiger partial charge in [-0.2, -0.15) is 0 Å². The van der Waals surface area contributed by atoms with E-state index in [-0.39, 0.29) is 11.8 Å². The average Bonchev–Trinajstić information content (AvgIpc) is 3.30. The minimum absolute atomic E-state index is 0.0460. The van der Waals surface area contributed by atoms with Crippen LogP contribution in [0.2, 0.25) is 0 Å². The van der Waals surface area contributed by atoms with Gasteiger partial charge in [-0.15, -0.1) is 0 Å². The lowest BCUT2D eigenvalue weighted by molar-refractivity contribution is -0.150. The molecule has 0 aromatic rings. The molecule has 6 unspecified atom stereocenters. The number of rotatable bonds is 14. The molecule has 6 atom stereocenters. The number of nitrogens with zero attached hydrogens (tertiary/aromatic N) is 1. The van der Waals surface area contributed by atoms with E-state index < -0.39 is 47.9 Å². The Morgan fingerprint density at radius 1 is 1.03 bits per heavy atom. The Hall–Kier alpha value is -2.20. The zero-order valence-electron chi connectivity index (χ0n) is 20.5. The van der Waals surface area contributed by atoms with Gasteiger partial charge in [0, 0.05) is 6.54 Å². The first kappa shape index (κ1) is 28.8. The summed E-state index contributed by atoms with van der Waals surface area (Å²) in [6.07, 6.45) is 4.03. The summed E-state index contributed by atoms with van der Waals surface area (Å²) in [6.45, 7) is 8.37. The summed E-state index contributed by atoms with van der Waals surface area (Å²) in [7, 11) is 0. The van der Waals surface area contributed by atoms with Gasteiger partial charge in [0.2, 0.25) is 17.7 Å². The third kappa shape index (κ3) is 8.26. The van der Waals surface area contributed by atoms with Crippen molar-refractivity contribution >= 4 is 23.7 Å². The molecule has 1 saturated heterocycles. The van der Waals surface area contributed by atoms with Crippen molar-refractivity contribution in [1.82, 2.24) is 15.5 Å². The van der Waals surface area contributed by atoms with Crippen LogP contribution in [0.1, 0.15) is 72.6 Å². The molecule has 1 aliphatic heterocycles. The summed E-state index contributed by atoms with van der Waals surface area (Å²) in [5.74, 6) is -2.57. The highest BCUT2D eigenvalue weighted by Gasteiger charge is 2.40. The molecule has 1 rings (SSSR count). The van der Waals surface area contributed by atoms with Crippen molar-refractivity contribution in [2.24, 2.45) is 23.3 Å². The van der Waals surface area contributed by atoms with E-state index in [0.29, 0.717) is 51.6 Å². The van der Waals surface area contributed by atoms with Crippen LogP contribution in [0, 0.1) is 11.8 Å². The van der Waals surface area contributed by atoms with E-state index in [4.69, 9.17) is 11.5 Å². The SMILES string of the molecule is CCC(C)C(N)C(=O)NC(CCCCN)C(=O)NC(C(=O)N1CCCC1C(=O)O)C(C)CC. The second-order valence-electron chi connectivity index (χ2n) is 9.16. The van der Waals surface area contributed by atoms with Gasteiger partial charge < -0.3 is 32.1 Å². The van der Waals surface area contributed by atoms with Crippen molar-refractivity contribution in [3.05, 3.63) is 0 Å². The van der Waals surface area contributed by atoms with Crippen LogP contribution in [0.4, 0.5) is 0 Å². The molecule has 33 heavy (non-hydrogen) atoms. The summed E-state index contributed by atoms with van der Waals surface area (Å²) in [5.41, 5.74) is 11.6. The lowest BCUT2D eigenvalue weighted by Gasteiger charge is -2.32. The largest absolute Gasteiger partial charge is 0.480 e. The maximum absolute atomic E-state index is 13.3. The monoisotopic (exact) mass is 469 g/mol. The molecule has 0 radical (unpaired) electrons. The third-order valence-electron chi connectivity index (χ3n) is 6.74. The van der Waals surface area contributed by atoms with E-state index >= 15 is 0 Å². The first-order valence-corrected chi connectivity index (χ1v) is 12.2.